The predicted octanol–water partition coefficient (Wildman–Crippen LogP) is 5.12. The number of nitrogens with zero attached hydrogens (tertiary/aromatic N) is 2. The van der Waals surface area contributed by atoms with Crippen LogP contribution in [0.4, 0.5) is 15.3 Å². The van der Waals surface area contributed by atoms with Gasteiger partial charge in [0.15, 0.2) is 11.5 Å². The van der Waals surface area contributed by atoms with Crippen molar-refractivity contribution >= 4 is 34.5 Å². The Kier molecular flexibility index (Phi) is 7.99. The fourth-order valence-electron chi connectivity index (χ4n) is 3.23. The highest BCUT2D eigenvalue weighted by molar-refractivity contribution is 8.14. The number of ether oxygens (including phenoxy) is 3. The molecule has 1 aliphatic rings. The van der Waals surface area contributed by atoms with Crippen LogP contribution < -0.4 is 14.8 Å². The standard InChI is InChI=1S/C23H27N3O5S/c1-5-20-21(16-9-12-18(29-3)19(13-16)31-6-2)25-26(23(28)32-20)14-15-7-10-17(11-8-15)24-22(27)30-4/h7-13,20H,5-6,14H2,1-4H3,(H,24,27). The maximum atomic E-state index is 12.7. The average Bonchev–Trinajstić information content (AvgIpc) is 2.81. The van der Waals surface area contributed by atoms with E-state index in [-0.39, 0.29) is 10.5 Å². The molecule has 0 radical (unpaired) electrons. The van der Waals surface area contributed by atoms with Gasteiger partial charge in [0.25, 0.3) is 0 Å². The Labute approximate surface area is 191 Å². The summed E-state index contributed by atoms with van der Waals surface area (Å²) in [6, 6.07) is 12.9. The number of nitrogens with one attached hydrogen (secondary N) is 1. The maximum absolute atomic E-state index is 12.7. The Hall–Kier alpha value is -3.20. The van der Waals surface area contributed by atoms with E-state index in [2.05, 4.69) is 10.1 Å². The molecule has 170 valence electrons. The summed E-state index contributed by atoms with van der Waals surface area (Å²) >= 11 is 1.27. The minimum absolute atomic E-state index is 0.0479. The van der Waals surface area contributed by atoms with Gasteiger partial charge < -0.3 is 14.2 Å². The molecule has 1 heterocycles. The molecule has 2 aromatic carbocycles. The van der Waals surface area contributed by atoms with Gasteiger partial charge in [0, 0.05) is 11.3 Å². The van der Waals surface area contributed by atoms with Crippen molar-refractivity contribution in [3.8, 4) is 11.5 Å². The third kappa shape index (κ3) is 5.53. The van der Waals surface area contributed by atoms with E-state index in [1.807, 2.05) is 44.2 Å². The summed E-state index contributed by atoms with van der Waals surface area (Å²) in [6.45, 7) is 4.79. The molecule has 9 heteroatoms. The van der Waals surface area contributed by atoms with Gasteiger partial charge in [-0.3, -0.25) is 10.1 Å². The van der Waals surface area contributed by atoms with Crippen LogP contribution in [0.5, 0.6) is 11.5 Å². The summed E-state index contributed by atoms with van der Waals surface area (Å²) in [6.07, 6.45) is 0.235. The number of carbonyl (C=O) groups excluding carboxylic acids is 2. The normalized spacial score (nSPS) is 15.8. The van der Waals surface area contributed by atoms with E-state index in [1.54, 1.807) is 19.2 Å². The van der Waals surface area contributed by atoms with Crippen LogP contribution in [0.1, 0.15) is 31.4 Å². The predicted molar refractivity (Wildman–Crippen MR) is 126 cm³/mol. The summed E-state index contributed by atoms with van der Waals surface area (Å²) in [5.74, 6) is 1.30. The molecule has 1 aliphatic heterocycles. The molecular formula is C23H27N3O5S. The molecule has 0 saturated heterocycles. The van der Waals surface area contributed by atoms with Crippen LogP contribution in [0, 0.1) is 0 Å². The first-order valence-electron chi connectivity index (χ1n) is 10.3. The largest absolute Gasteiger partial charge is 0.493 e. The van der Waals surface area contributed by atoms with Gasteiger partial charge in [0.2, 0.25) is 0 Å². The number of rotatable bonds is 8. The molecule has 2 aromatic rings. The lowest BCUT2D eigenvalue weighted by molar-refractivity contribution is 0.187. The van der Waals surface area contributed by atoms with E-state index in [1.165, 1.54) is 23.9 Å². The van der Waals surface area contributed by atoms with Crippen LogP contribution in [0.15, 0.2) is 47.6 Å². The van der Waals surface area contributed by atoms with E-state index >= 15 is 0 Å². The zero-order valence-corrected chi connectivity index (χ0v) is 19.4. The van der Waals surface area contributed by atoms with Crippen LogP contribution in [0.2, 0.25) is 0 Å². The van der Waals surface area contributed by atoms with Gasteiger partial charge in [-0.1, -0.05) is 30.8 Å². The van der Waals surface area contributed by atoms with E-state index < -0.39 is 6.09 Å². The quantitative estimate of drug-likeness (QED) is 0.592. The molecule has 1 atom stereocenters. The summed E-state index contributed by atoms with van der Waals surface area (Å²) in [4.78, 5) is 24.1. The molecule has 0 bridgehead atoms. The molecule has 1 unspecified atom stereocenters. The molecule has 0 aliphatic carbocycles. The van der Waals surface area contributed by atoms with Crippen molar-refractivity contribution in [2.75, 3.05) is 26.1 Å². The van der Waals surface area contributed by atoms with Crippen molar-refractivity contribution in [3.63, 3.8) is 0 Å². The third-order valence-corrected chi connectivity index (χ3v) is 6.09. The first kappa shape index (κ1) is 23.5. The summed E-state index contributed by atoms with van der Waals surface area (Å²) < 4.78 is 15.7. The van der Waals surface area contributed by atoms with Gasteiger partial charge in [-0.2, -0.15) is 5.10 Å². The Morgan fingerprint density at radius 1 is 1.12 bits per heavy atom. The molecule has 0 saturated carbocycles. The lowest BCUT2D eigenvalue weighted by Crippen LogP contribution is -2.34. The second kappa shape index (κ2) is 10.9. The zero-order valence-electron chi connectivity index (χ0n) is 18.6. The number of amides is 2. The molecular weight excluding hydrogens is 430 g/mol. The Bertz CT molecular complexity index is 994. The topological polar surface area (TPSA) is 89.5 Å². The number of methoxy groups -OCH3 is 2. The van der Waals surface area contributed by atoms with Crippen LogP contribution in [0.25, 0.3) is 0 Å². The number of benzene rings is 2. The van der Waals surface area contributed by atoms with Crippen molar-refractivity contribution < 1.29 is 23.8 Å². The molecule has 2 amide bonds. The number of thioether (sulfide) groups is 1. The van der Waals surface area contributed by atoms with Crippen molar-refractivity contribution in [2.24, 2.45) is 5.10 Å². The first-order valence-corrected chi connectivity index (χ1v) is 11.2. The Morgan fingerprint density at radius 3 is 2.50 bits per heavy atom. The Morgan fingerprint density at radius 2 is 1.88 bits per heavy atom. The summed E-state index contributed by atoms with van der Waals surface area (Å²) in [5, 5.41) is 8.64. The van der Waals surface area contributed by atoms with E-state index in [9.17, 15) is 9.59 Å². The number of carbonyl (C=O) groups is 2. The highest BCUT2D eigenvalue weighted by atomic mass is 32.2. The van der Waals surface area contributed by atoms with Gasteiger partial charge in [-0.15, -0.1) is 0 Å². The average molecular weight is 458 g/mol. The summed E-state index contributed by atoms with van der Waals surface area (Å²) in [5.41, 5.74) is 3.21. The monoisotopic (exact) mass is 457 g/mol. The SMILES string of the molecule is CCOc1cc(C2=NN(Cc3ccc(NC(=O)OC)cc3)C(=O)SC2CC)ccc1OC. The second-order valence-corrected chi connectivity index (χ2v) is 8.09. The van der Waals surface area contributed by atoms with Crippen molar-refractivity contribution in [1.29, 1.82) is 0 Å². The molecule has 8 nitrogen and oxygen atoms in total. The van der Waals surface area contributed by atoms with Crippen LogP contribution in [-0.2, 0) is 11.3 Å². The van der Waals surface area contributed by atoms with E-state index in [4.69, 9.17) is 14.6 Å². The highest BCUT2D eigenvalue weighted by Gasteiger charge is 2.30. The fourth-order valence-corrected chi connectivity index (χ4v) is 4.17. The van der Waals surface area contributed by atoms with E-state index in [0.29, 0.717) is 30.3 Å². The van der Waals surface area contributed by atoms with Crippen LogP contribution in [0.3, 0.4) is 0 Å². The van der Waals surface area contributed by atoms with Crippen molar-refractivity contribution in [1.82, 2.24) is 5.01 Å². The van der Waals surface area contributed by atoms with Gasteiger partial charge in [-0.25, -0.2) is 9.80 Å². The molecule has 0 fully saturated rings. The lowest BCUT2D eigenvalue weighted by Gasteiger charge is -2.28. The summed E-state index contributed by atoms with van der Waals surface area (Å²) in [7, 11) is 2.91. The van der Waals surface area contributed by atoms with Gasteiger partial charge in [-0.05, 0) is 49.2 Å². The fraction of sp³-hybridized carbons (Fsp3) is 0.348. The minimum atomic E-state index is -0.536. The second-order valence-electron chi connectivity index (χ2n) is 6.94. The van der Waals surface area contributed by atoms with Crippen molar-refractivity contribution in [2.45, 2.75) is 32.1 Å². The molecule has 32 heavy (non-hydrogen) atoms. The molecule has 0 spiro atoms. The highest BCUT2D eigenvalue weighted by Crippen LogP contribution is 2.34. The minimum Gasteiger partial charge on any atom is -0.493 e. The van der Waals surface area contributed by atoms with Crippen LogP contribution in [-0.4, -0.2) is 48.1 Å². The molecule has 1 N–H and O–H groups in total. The maximum Gasteiger partial charge on any atom is 0.411 e. The van der Waals surface area contributed by atoms with Gasteiger partial charge in [0.05, 0.1) is 38.3 Å². The third-order valence-electron chi connectivity index (χ3n) is 4.84. The smallest absolute Gasteiger partial charge is 0.411 e. The zero-order chi connectivity index (χ0) is 23.1. The molecule has 0 aromatic heterocycles. The van der Waals surface area contributed by atoms with Gasteiger partial charge >= 0.3 is 11.3 Å². The van der Waals surface area contributed by atoms with Gasteiger partial charge in [0.1, 0.15) is 0 Å². The Balaban J connectivity index is 1.86. The van der Waals surface area contributed by atoms with Crippen LogP contribution >= 0.6 is 11.8 Å². The first-order chi connectivity index (χ1) is 15.5. The van der Waals surface area contributed by atoms with E-state index in [0.717, 1.165) is 23.3 Å². The molecule has 3 rings (SSSR count). The number of hydrogen-bond donors (Lipinski definition) is 1. The van der Waals surface area contributed by atoms with Crippen molar-refractivity contribution in [3.05, 3.63) is 53.6 Å². The lowest BCUT2D eigenvalue weighted by atomic mass is 10.0. The number of hydrazone groups is 1. The number of hydrogen-bond acceptors (Lipinski definition) is 7. The number of anilines is 1.